The van der Waals surface area contributed by atoms with Crippen LogP contribution in [0.1, 0.15) is 59.8 Å². The second-order valence-corrected chi connectivity index (χ2v) is 9.63. The maximum Gasteiger partial charge on any atom is 0.144 e. The number of methoxy groups -OCH3 is 2. The van der Waals surface area contributed by atoms with Crippen LogP contribution in [-0.4, -0.2) is 43.9 Å². The van der Waals surface area contributed by atoms with Gasteiger partial charge in [-0.05, 0) is 49.4 Å². The molecule has 4 heteroatoms. The third kappa shape index (κ3) is 2.47. The molecule has 0 spiro atoms. The third-order valence-electron chi connectivity index (χ3n) is 8.64. The zero-order chi connectivity index (χ0) is 18.6. The number of hydrogen-bond donors (Lipinski definition) is 1. The van der Waals surface area contributed by atoms with Gasteiger partial charge in [0.2, 0.25) is 0 Å². The predicted octanol–water partition coefficient (Wildman–Crippen LogP) is 3.46. The normalized spacial score (nSPS) is 53.2. The van der Waals surface area contributed by atoms with Gasteiger partial charge in [0.25, 0.3) is 0 Å². The zero-order valence-electron chi connectivity index (χ0n) is 16.8. The van der Waals surface area contributed by atoms with Crippen molar-refractivity contribution in [2.75, 3.05) is 20.8 Å². The van der Waals surface area contributed by atoms with E-state index in [1.807, 2.05) is 6.92 Å². The Morgan fingerprint density at radius 1 is 1.16 bits per heavy atom. The smallest absolute Gasteiger partial charge is 0.144 e. The van der Waals surface area contributed by atoms with Crippen LogP contribution in [-0.2, 0) is 14.3 Å². The van der Waals surface area contributed by atoms with Gasteiger partial charge in [0, 0.05) is 25.6 Å². The lowest BCUT2D eigenvalue weighted by Crippen LogP contribution is -2.62. The number of rotatable bonds is 3. The maximum atomic E-state index is 13.5. The van der Waals surface area contributed by atoms with Crippen LogP contribution in [0.4, 0.5) is 0 Å². The standard InChI is InChI=1S/C21H36O4/c1-13-7-9-21-10-8-15(25-6)17(21)20(13,4)16(22)11-19(3,12-24-5)18(23)14(21)2/h13-17,22H,7-12H2,1-6H3/t13-,14+,15-,16-,17-,19+,20+,21+/m1/s1. The van der Waals surface area contributed by atoms with Crippen LogP contribution in [0.3, 0.4) is 0 Å². The quantitative estimate of drug-likeness (QED) is 0.845. The fourth-order valence-electron chi connectivity index (χ4n) is 6.98. The highest BCUT2D eigenvalue weighted by Gasteiger charge is 2.67. The third-order valence-corrected chi connectivity index (χ3v) is 8.64. The largest absolute Gasteiger partial charge is 0.393 e. The first kappa shape index (κ1) is 19.3. The molecular weight excluding hydrogens is 316 g/mol. The van der Waals surface area contributed by atoms with Crippen molar-refractivity contribution in [2.24, 2.45) is 34.0 Å². The van der Waals surface area contributed by atoms with Crippen molar-refractivity contribution >= 4 is 5.78 Å². The van der Waals surface area contributed by atoms with Crippen molar-refractivity contribution in [2.45, 2.75) is 72.0 Å². The Morgan fingerprint density at radius 3 is 2.40 bits per heavy atom. The Morgan fingerprint density at radius 2 is 1.80 bits per heavy atom. The summed E-state index contributed by atoms with van der Waals surface area (Å²) in [4.78, 5) is 13.5. The van der Waals surface area contributed by atoms with E-state index in [1.165, 1.54) is 0 Å². The molecule has 4 nitrogen and oxygen atoms in total. The summed E-state index contributed by atoms with van der Waals surface area (Å²) in [6, 6.07) is 0. The molecule has 3 saturated carbocycles. The molecule has 0 saturated heterocycles. The van der Waals surface area contributed by atoms with Crippen LogP contribution >= 0.6 is 0 Å². The molecule has 0 aromatic heterocycles. The van der Waals surface area contributed by atoms with Gasteiger partial charge in [-0.15, -0.1) is 0 Å². The van der Waals surface area contributed by atoms with Gasteiger partial charge in [-0.1, -0.05) is 27.7 Å². The van der Waals surface area contributed by atoms with Crippen molar-refractivity contribution < 1.29 is 19.4 Å². The number of aliphatic hydroxyl groups is 1. The first-order chi connectivity index (χ1) is 11.7. The minimum absolute atomic E-state index is 0.0166. The van der Waals surface area contributed by atoms with Crippen LogP contribution in [0.15, 0.2) is 0 Å². The Labute approximate surface area is 152 Å². The second-order valence-electron chi connectivity index (χ2n) is 9.63. The summed E-state index contributed by atoms with van der Waals surface area (Å²) in [6.45, 7) is 9.04. The first-order valence-electron chi connectivity index (χ1n) is 9.91. The van der Waals surface area contributed by atoms with Crippen LogP contribution in [0.5, 0.6) is 0 Å². The number of ether oxygens (including phenoxy) is 2. The Bertz CT molecular complexity index is 534. The molecule has 144 valence electrons. The molecule has 25 heavy (non-hydrogen) atoms. The van der Waals surface area contributed by atoms with Gasteiger partial charge in [0.1, 0.15) is 5.78 Å². The molecule has 0 aliphatic heterocycles. The van der Waals surface area contributed by atoms with Crippen LogP contribution in [0, 0.1) is 34.0 Å². The number of hydrogen-bond acceptors (Lipinski definition) is 4. The summed E-state index contributed by atoms with van der Waals surface area (Å²) in [5.41, 5.74) is -0.885. The molecule has 0 aromatic carbocycles. The summed E-state index contributed by atoms with van der Waals surface area (Å²) >= 11 is 0. The number of carbonyl (C=O) groups is 1. The SMILES string of the molecule is COC[C@]1(C)C[C@@H](O)[C@]2(C)[C@H](C)CC[C@]3(CC[C@@H](OC)[C@@H]32)[C@@H](C)C1=O. The zero-order valence-corrected chi connectivity index (χ0v) is 16.8. The second kappa shape index (κ2) is 6.31. The number of aliphatic hydroxyl groups excluding tert-OH is 1. The number of carbonyl (C=O) groups excluding carboxylic acids is 1. The highest BCUT2D eigenvalue weighted by molar-refractivity contribution is 5.87. The lowest BCUT2D eigenvalue weighted by Gasteiger charge is -2.61. The molecule has 3 aliphatic carbocycles. The maximum absolute atomic E-state index is 13.5. The minimum atomic E-state index is -0.616. The van der Waals surface area contributed by atoms with Gasteiger partial charge >= 0.3 is 0 Å². The van der Waals surface area contributed by atoms with E-state index in [2.05, 4.69) is 20.8 Å². The van der Waals surface area contributed by atoms with Gasteiger partial charge in [-0.2, -0.15) is 0 Å². The van der Waals surface area contributed by atoms with Crippen molar-refractivity contribution in [1.29, 1.82) is 0 Å². The van der Waals surface area contributed by atoms with Gasteiger partial charge < -0.3 is 14.6 Å². The first-order valence-corrected chi connectivity index (χ1v) is 9.91. The van der Waals surface area contributed by atoms with Crippen molar-refractivity contribution in [3.63, 3.8) is 0 Å². The topological polar surface area (TPSA) is 55.8 Å². The summed E-state index contributed by atoms with van der Waals surface area (Å²) in [5, 5.41) is 11.4. The molecule has 3 fully saturated rings. The summed E-state index contributed by atoms with van der Waals surface area (Å²) in [5.74, 6) is 0.919. The molecule has 1 N–H and O–H groups in total. The van der Waals surface area contributed by atoms with Gasteiger partial charge in [-0.25, -0.2) is 0 Å². The summed E-state index contributed by atoms with van der Waals surface area (Å²) < 4.78 is 11.3. The predicted molar refractivity (Wildman–Crippen MR) is 97.2 cm³/mol. The van der Waals surface area contributed by atoms with Gasteiger partial charge in [0.15, 0.2) is 0 Å². The van der Waals surface area contributed by atoms with Gasteiger partial charge in [-0.3, -0.25) is 4.79 Å². The highest BCUT2D eigenvalue weighted by atomic mass is 16.5. The lowest BCUT2D eigenvalue weighted by molar-refractivity contribution is -0.194. The minimum Gasteiger partial charge on any atom is -0.393 e. The molecule has 2 bridgehead atoms. The van der Waals surface area contributed by atoms with Crippen molar-refractivity contribution in [3.05, 3.63) is 0 Å². The van der Waals surface area contributed by atoms with E-state index in [0.29, 0.717) is 18.9 Å². The van der Waals surface area contributed by atoms with Crippen LogP contribution in [0.25, 0.3) is 0 Å². The molecule has 0 heterocycles. The molecular formula is C21H36O4. The van der Waals surface area contributed by atoms with Crippen molar-refractivity contribution in [3.8, 4) is 0 Å². The van der Waals surface area contributed by atoms with E-state index in [4.69, 9.17) is 9.47 Å². The van der Waals surface area contributed by atoms with E-state index in [9.17, 15) is 9.90 Å². The average molecular weight is 353 g/mol. The fraction of sp³-hybridized carbons (Fsp3) is 0.952. The Hall–Kier alpha value is -0.450. The molecule has 0 radical (unpaired) electrons. The molecule has 0 unspecified atom stereocenters. The number of Topliss-reactive ketones (excluding diaryl/α,β-unsaturated/α-hetero) is 1. The van der Waals surface area contributed by atoms with E-state index in [1.54, 1.807) is 14.2 Å². The van der Waals surface area contributed by atoms with E-state index in [-0.39, 0.29) is 34.6 Å². The molecule has 3 aliphatic rings. The monoisotopic (exact) mass is 352 g/mol. The van der Waals surface area contributed by atoms with Gasteiger partial charge in [0.05, 0.1) is 24.2 Å². The van der Waals surface area contributed by atoms with Crippen LogP contribution < -0.4 is 0 Å². The molecule has 3 rings (SSSR count). The molecule has 8 atom stereocenters. The van der Waals surface area contributed by atoms with E-state index in [0.717, 1.165) is 25.7 Å². The Kier molecular flexibility index (Phi) is 4.88. The molecule has 0 amide bonds. The lowest BCUT2D eigenvalue weighted by atomic mass is 9.44. The Balaban J connectivity index is 2.16. The summed E-state index contributed by atoms with van der Waals surface area (Å²) in [7, 11) is 3.44. The fourth-order valence-corrected chi connectivity index (χ4v) is 6.98. The highest BCUT2D eigenvalue weighted by Crippen LogP contribution is 2.68. The average Bonchev–Trinajstić information content (AvgIpc) is 2.97. The van der Waals surface area contributed by atoms with E-state index >= 15 is 0 Å². The summed E-state index contributed by atoms with van der Waals surface area (Å²) in [6.07, 6.45) is 4.28. The van der Waals surface area contributed by atoms with E-state index < -0.39 is 11.5 Å². The molecule has 0 aromatic rings. The van der Waals surface area contributed by atoms with Crippen molar-refractivity contribution in [1.82, 2.24) is 0 Å². The number of ketones is 1. The van der Waals surface area contributed by atoms with Crippen LogP contribution in [0.2, 0.25) is 0 Å².